The lowest BCUT2D eigenvalue weighted by atomic mass is 10.0. The van der Waals surface area contributed by atoms with Crippen LogP contribution in [0.15, 0.2) is 16.6 Å². The van der Waals surface area contributed by atoms with E-state index in [0.29, 0.717) is 0 Å². The van der Waals surface area contributed by atoms with Gasteiger partial charge in [0.05, 0.1) is 0 Å². The molecule has 1 aromatic rings. The van der Waals surface area contributed by atoms with Crippen LogP contribution >= 0.6 is 15.9 Å². The van der Waals surface area contributed by atoms with Gasteiger partial charge in [-0.2, -0.15) is 0 Å². The third-order valence-electron chi connectivity index (χ3n) is 2.71. The lowest BCUT2D eigenvalue weighted by molar-refractivity contribution is 0.715. The molecule has 0 amide bonds. The van der Waals surface area contributed by atoms with E-state index < -0.39 is 0 Å². The molecule has 0 aliphatic rings. The first-order chi connectivity index (χ1) is 6.65. The summed E-state index contributed by atoms with van der Waals surface area (Å²) < 4.78 is 1.27. The maximum absolute atomic E-state index is 3.63. The molecule has 0 nitrogen and oxygen atoms in total. The molecule has 0 saturated carbocycles. The smallest absolute Gasteiger partial charge is 0.0210 e. The molecule has 0 atom stereocenters. The summed E-state index contributed by atoms with van der Waals surface area (Å²) in [7, 11) is 0. The fourth-order valence-electron chi connectivity index (χ4n) is 1.60. The van der Waals surface area contributed by atoms with Gasteiger partial charge in [0.1, 0.15) is 0 Å². The number of aryl methyl sites for hydroxylation is 3. The van der Waals surface area contributed by atoms with Gasteiger partial charge in [0, 0.05) is 4.47 Å². The van der Waals surface area contributed by atoms with E-state index in [-0.39, 0.29) is 0 Å². The second kappa shape index (κ2) is 5.55. The van der Waals surface area contributed by atoms with Crippen LogP contribution in [0.5, 0.6) is 0 Å². The Morgan fingerprint density at radius 3 is 2.36 bits per heavy atom. The first-order valence-corrected chi connectivity index (χ1v) is 6.20. The molecule has 0 aliphatic carbocycles. The fraction of sp³-hybridized carbons (Fsp3) is 0.538. The molecule has 14 heavy (non-hydrogen) atoms. The predicted octanol–water partition coefficient (Wildman–Crippen LogP) is 4.80. The Hall–Kier alpha value is -0.300. The average Bonchev–Trinajstić information content (AvgIpc) is 2.14. The molecule has 78 valence electrons. The molecule has 0 spiro atoms. The van der Waals surface area contributed by atoms with Crippen molar-refractivity contribution in [3.8, 4) is 0 Å². The molecule has 0 unspecified atom stereocenters. The van der Waals surface area contributed by atoms with Crippen molar-refractivity contribution in [2.24, 2.45) is 0 Å². The number of benzene rings is 1. The van der Waals surface area contributed by atoms with Crippen LogP contribution in [0, 0.1) is 13.8 Å². The van der Waals surface area contributed by atoms with Gasteiger partial charge >= 0.3 is 0 Å². The van der Waals surface area contributed by atoms with Crippen LogP contribution in [0.1, 0.15) is 42.9 Å². The van der Waals surface area contributed by atoms with Gasteiger partial charge < -0.3 is 0 Å². The van der Waals surface area contributed by atoms with Crippen molar-refractivity contribution in [1.29, 1.82) is 0 Å². The first kappa shape index (κ1) is 11.8. The third kappa shape index (κ3) is 3.13. The number of halogens is 1. The van der Waals surface area contributed by atoms with Crippen LogP contribution in [-0.4, -0.2) is 0 Å². The molecular weight excluding hydrogens is 236 g/mol. The topological polar surface area (TPSA) is 0 Å². The monoisotopic (exact) mass is 254 g/mol. The van der Waals surface area contributed by atoms with Crippen LogP contribution in [-0.2, 0) is 6.42 Å². The second-order valence-electron chi connectivity index (χ2n) is 3.98. The van der Waals surface area contributed by atoms with E-state index in [1.165, 1.54) is 46.8 Å². The van der Waals surface area contributed by atoms with Gasteiger partial charge in [-0.1, -0.05) is 41.8 Å². The van der Waals surface area contributed by atoms with E-state index in [9.17, 15) is 0 Å². The van der Waals surface area contributed by atoms with Crippen molar-refractivity contribution in [2.75, 3.05) is 0 Å². The Morgan fingerprint density at radius 1 is 1.07 bits per heavy atom. The molecule has 0 saturated heterocycles. The first-order valence-electron chi connectivity index (χ1n) is 5.40. The van der Waals surface area contributed by atoms with E-state index in [1.54, 1.807) is 0 Å². The molecule has 0 N–H and O–H groups in total. The molecule has 0 fully saturated rings. The minimum Gasteiger partial charge on any atom is -0.0654 e. The highest BCUT2D eigenvalue weighted by molar-refractivity contribution is 9.10. The Labute approximate surface area is 95.9 Å². The Bertz CT molecular complexity index is 302. The van der Waals surface area contributed by atoms with E-state index >= 15 is 0 Å². The van der Waals surface area contributed by atoms with Gasteiger partial charge in [-0.25, -0.2) is 0 Å². The van der Waals surface area contributed by atoms with E-state index in [4.69, 9.17) is 0 Å². The van der Waals surface area contributed by atoms with Crippen molar-refractivity contribution in [3.05, 3.63) is 33.3 Å². The summed E-state index contributed by atoms with van der Waals surface area (Å²) in [5, 5.41) is 0. The van der Waals surface area contributed by atoms with Crippen molar-refractivity contribution < 1.29 is 0 Å². The molecule has 1 heteroatoms. The van der Waals surface area contributed by atoms with Crippen LogP contribution < -0.4 is 0 Å². The summed E-state index contributed by atoms with van der Waals surface area (Å²) >= 11 is 3.63. The summed E-state index contributed by atoms with van der Waals surface area (Å²) in [5.74, 6) is 0. The molecule has 0 radical (unpaired) electrons. The SMILES string of the molecule is CCCCCc1cc(C)c(C)cc1Br. The summed E-state index contributed by atoms with van der Waals surface area (Å²) in [6, 6.07) is 4.55. The Morgan fingerprint density at radius 2 is 1.71 bits per heavy atom. The second-order valence-corrected chi connectivity index (χ2v) is 4.84. The highest BCUT2D eigenvalue weighted by atomic mass is 79.9. The van der Waals surface area contributed by atoms with Gasteiger partial charge in [0.25, 0.3) is 0 Å². The number of hydrogen-bond donors (Lipinski definition) is 0. The minimum absolute atomic E-state index is 1.20. The van der Waals surface area contributed by atoms with Crippen LogP contribution in [0.3, 0.4) is 0 Å². The fourth-order valence-corrected chi connectivity index (χ4v) is 2.25. The molecule has 0 aliphatic heterocycles. The van der Waals surface area contributed by atoms with Crippen molar-refractivity contribution in [1.82, 2.24) is 0 Å². The Kier molecular flexibility index (Phi) is 4.67. The van der Waals surface area contributed by atoms with Crippen molar-refractivity contribution >= 4 is 15.9 Å². The number of hydrogen-bond acceptors (Lipinski definition) is 0. The highest BCUT2D eigenvalue weighted by Crippen LogP contribution is 2.23. The van der Waals surface area contributed by atoms with Crippen molar-refractivity contribution in [3.63, 3.8) is 0 Å². The quantitative estimate of drug-likeness (QED) is 0.678. The van der Waals surface area contributed by atoms with Gasteiger partial charge in [-0.15, -0.1) is 0 Å². The van der Waals surface area contributed by atoms with E-state index in [0.717, 1.165) is 0 Å². The van der Waals surface area contributed by atoms with Crippen LogP contribution in [0.4, 0.5) is 0 Å². The van der Waals surface area contributed by atoms with Gasteiger partial charge in [0.2, 0.25) is 0 Å². The normalized spacial score (nSPS) is 10.6. The molecule has 0 bridgehead atoms. The molecule has 1 aromatic carbocycles. The van der Waals surface area contributed by atoms with Crippen molar-refractivity contribution in [2.45, 2.75) is 46.5 Å². The maximum atomic E-state index is 3.63. The number of unbranched alkanes of at least 4 members (excludes halogenated alkanes) is 2. The maximum Gasteiger partial charge on any atom is 0.0210 e. The van der Waals surface area contributed by atoms with Gasteiger partial charge in [-0.05, 0) is 49.4 Å². The largest absolute Gasteiger partial charge is 0.0654 e. The lowest BCUT2D eigenvalue weighted by Gasteiger charge is -2.08. The lowest BCUT2D eigenvalue weighted by Crippen LogP contribution is -1.91. The highest BCUT2D eigenvalue weighted by Gasteiger charge is 2.02. The molecular formula is C13H19Br. The molecule has 0 aromatic heterocycles. The predicted molar refractivity (Wildman–Crippen MR) is 66.8 cm³/mol. The summed E-state index contributed by atoms with van der Waals surface area (Å²) in [5.41, 5.74) is 4.23. The summed E-state index contributed by atoms with van der Waals surface area (Å²) in [4.78, 5) is 0. The Balaban J connectivity index is 2.72. The standard InChI is InChI=1S/C13H19Br/c1-4-5-6-7-12-8-10(2)11(3)9-13(12)14/h8-9H,4-7H2,1-3H3. The van der Waals surface area contributed by atoms with Crippen LogP contribution in [0.2, 0.25) is 0 Å². The average molecular weight is 255 g/mol. The third-order valence-corrected chi connectivity index (χ3v) is 3.45. The molecule has 1 rings (SSSR count). The van der Waals surface area contributed by atoms with Gasteiger partial charge in [-0.3, -0.25) is 0 Å². The minimum atomic E-state index is 1.20. The van der Waals surface area contributed by atoms with E-state index in [2.05, 4.69) is 48.8 Å². The zero-order valence-corrected chi connectivity index (χ0v) is 10.9. The summed E-state index contributed by atoms with van der Waals surface area (Å²) in [6.45, 7) is 6.59. The number of rotatable bonds is 4. The zero-order valence-electron chi connectivity index (χ0n) is 9.36. The van der Waals surface area contributed by atoms with E-state index in [1.807, 2.05) is 0 Å². The van der Waals surface area contributed by atoms with Crippen LogP contribution in [0.25, 0.3) is 0 Å². The summed E-state index contributed by atoms with van der Waals surface area (Å²) in [6.07, 6.45) is 5.13. The zero-order chi connectivity index (χ0) is 10.6. The van der Waals surface area contributed by atoms with Gasteiger partial charge in [0.15, 0.2) is 0 Å². The molecule has 0 heterocycles.